The van der Waals surface area contributed by atoms with Gasteiger partial charge in [0.25, 0.3) is 0 Å². The molecule has 0 bridgehead atoms. The molecule has 0 atom stereocenters. The average Bonchev–Trinajstić information content (AvgIpc) is 2.36. The van der Waals surface area contributed by atoms with E-state index in [9.17, 15) is 5.11 Å². The number of aliphatic hydroxyl groups is 1. The molecule has 3 aromatic rings. The lowest BCUT2D eigenvalue weighted by Crippen LogP contribution is -2.15. The van der Waals surface area contributed by atoms with E-state index in [1.165, 1.54) is 0 Å². The van der Waals surface area contributed by atoms with E-state index in [0.29, 0.717) is 0 Å². The number of hydrogen-bond donors (Lipinski definition) is 1. The Morgan fingerprint density at radius 2 is 1.61 bits per heavy atom. The van der Waals surface area contributed by atoms with Crippen molar-refractivity contribution in [1.82, 2.24) is 4.98 Å². The van der Waals surface area contributed by atoms with E-state index in [0.717, 1.165) is 27.2 Å². The molecule has 0 fully saturated rings. The zero-order chi connectivity index (χ0) is 12.8. The molecule has 2 heteroatoms. The predicted molar refractivity (Wildman–Crippen MR) is 74.5 cm³/mol. The minimum Gasteiger partial charge on any atom is -0.386 e. The molecule has 0 unspecified atom stereocenters. The number of nitrogens with zero attached hydrogens (tertiary/aromatic N) is 1. The first-order valence-electron chi connectivity index (χ1n) is 6.07. The fraction of sp³-hybridized carbons (Fsp3) is 0.188. The summed E-state index contributed by atoms with van der Waals surface area (Å²) in [5.74, 6) is 0. The van der Waals surface area contributed by atoms with E-state index in [1.54, 1.807) is 13.8 Å². The van der Waals surface area contributed by atoms with Crippen molar-refractivity contribution >= 4 is 21.7 Å². The lowest BCUT2D eigenvalue weighted by atomic mass is 9.92. The van der Waals surface area contributed by atoms with Gasteiger partial charge in [-0.2, -0.15) is 0 Å². The van der Waals surface area contributed by atoms with Gasteiger partial charge in [-0.05, 0) is 30.9 Å². The Kier molecular flexibility index (Phi) is 2.35. The first-order chi connectivity index (χ1) is 8.57. The Morgan fingerprint density at radius 1 is 0.889 bits per heavy atom. The van der Waals surface area contributed by atoms with Gasteiger partial charge in [-0.25, -0.2) is 0 Å². The summed E-state index contributed by atoms with van der Waals surface area (Å²) in [5, 5.41) is 13.5. The van der Waals surface area contributed by atoms with Crippen LogP contribution in [0.1, 0.15) is 19.4 Å². The molecule has 1 heterocycles. The summed E-state index contributed by atoms with van der Waals surface area (Å²) < 4.78 is 0. The smallest absolute Gasteiger partial charge is 0.0847 e. The van der Waals surface area contributed by atoms with E-state index in [1.807, 2.05) is 36.5 Å². The first kappa shape index (κ1) is 11.2. The van der Waals surface area contributed by atoms with Crippen LogP contribution in [0.4, 0.5) is 0 Å². The Balaban J connectivity index is 2.48. The van der Waals surface area contributed by atoms with Crippen LogP contribution in [0.3, 0.4) is 0 Å². The number of benzene rings is 2. The van der Waals surface area contributed by atoms with Gasteiger partial charge >= 0.3 is 0 Å². The van der Waals surface area contributed by atoms with Crippen molar-refractivity contribution < 1.29 is 5.11 Å². The maximum absolute atomic E-state index is 10.2. The average molecular weight is 237 g/mol. The fourth-order valence-corrected chi connectivity index (χ4v) is 2.42. The molecule has 90 valence electrons. The highest BCUT2D eigenvalue weighted by molar-refractivity contribution is 6.06. The molecule has 0 radical (unpaired) electrons. The second-order valence-corrected chi connectivity index (χ2v) is 5.10. The molecule has 1 N–H and O–H groups in total. The molecule has 0 saturated heterocycles. The molecule has 2 nitrogen and oxygen atoms in total. The van der Waals surface area contributed by atoms with E-state index >= 15 is 0 Å². The molecule has 0 saturated carbocycles. The summed E-state index contributed by atoms with van der Waals surface area (Å²) in [7, 11) is 0. The van der Waals surface area contributed by atoms with Crippen molar-refractivity contribution in [2.45, 2.75) is 19.4 Å². The van der Waals surface area contributed by atoms with Crippen LogP contribution in [0.25, 0.3) is 21.7 Å². The number of rotatable bonds is 1. The molecule has 18 heavy (non-hydrogen) atoms. The van der Waals surface area contributed by atoms with Crippen LogP contribution >= 0.6 is 0 Å². The molecule has 0 amide bonds. The predicted octanol–water partition coefficient (Wildman–Crippen LogP) is 3.62. The lowest BCUT2D eigenvalue weighted by Gasteiger charge is -2.20. The summed E-state index contributed by atoms with van der Waals surface area (Å²) in [6, 6.07) is 14.1. The van der Waals surface area contributed by atoms with Gasteiger partial charge in [0.2, 0.25) is 0 Å². The van der Waals surface area contributed by atoms with Gasteiger partial charge in [0.1, 0.15) is 0 Å². The maximum Gasteiger partial charge on any atom is 0.0847 e. The third-order valence-electron chi connectivity index (χ3n) is 3.29. The maximum atomic E-state index is 10.2. The molecule has 3 rings (SSSR count). The molecule has 0 spiro atoms. The third kappa shape index (κ3) is 1.66. The van der Waals surface area contributed by atoms with Gasteiger partial charge < -0.3 is 5.11 Å². The highest BCUT2D eigenvalue weighted by Gasteiger charge is 2.19. The summed E-state index contributed by atoms with van der Waals surface area (Å²) >= 11 is 0. The second-order valence-electron chi connectivity index (χ2n) is 5.10. The van der Waals surface area contributed by atoms with Crippen LogP contribution in [0.2, 0.25) is 0 Å². The summed E-state index contributed by atoms with van der Waals surface area (Å²) in [4.78, 5) is 4.47. The van der Waals surface area contributed by atoms with Crippen LogP contribution in [-0.4, -0.2) is 10.1 Å². The van der Waals surface area contributed by atoms with Crippen molar-refractivity contribution in [3.05, 3.63) is 54.2 Å². The summed E-state index contributed by atoms with van der Waals surface area (Å²) in [6.45, 7) is 3.61. The number of aromatic nitrogens is 1. The normalized spacial score (nSPS) is 12.2. The van der Waals surface area contributed by atoms with E-state index < -0.39 is 5.60 Å². The van der Waals surface area contributed by atoms with Gasteiger partial charge in [0.05, 0.1) is 11.1 Å². The molecular formula is C16H15NO. The minimum absolute atomic E-state index is 0.857. The molecule has 2 aromatic carbocycles. The molecule has 0 aliphatic carbocycles. The highest BCUT2D eigenvalue weighted by Crippen LogP contribution is 2.31. The highest BCUT2D eigenvalue weighted by atomic mass is 16.3. The second kappa shape index (κ2) is 3.79. The number of para-hydroxylation sites is 1. The van der Waals surface area contributed by atoms with Crippen molar-refractivity contribution in [3.8, 4) is 0 Å². The Hall–Kier alpha value is -1.93. The zero-order valence-corrected chi connectivity index (χ0v) is 10.5. The Bertz CT molecular complexity index is 726. The van der Waals surface area contributed by atoms with E-state index in [2.05, 4.69) is 17.1 Å². The van der Waals surface area contributed by atoms with Gasteiger partial charge in [0.15, 0.2) is 0 Å². The standard InChI is InChI=1S/C16H15NO/c1-16(2,18)14-8-5-7-11-12-6-3-4-9-15(12)17-10-13(11)14/h3-10,18H,1-2H3. The molecule has 1 aromatic heterocycles. The Morgan fingerprint density at radius 3 is 2.39 bits per heavy atom. The molecule has 0 aliphatic rings. The Labute approximate surface area is 106 Å². The van der Waals surface area contributed by atoms with Gasteiger partial charge in [-0.15, -0.1) is 0 Å². The summed E-state index contributed by atoms with van der Waals surface area (Å²) in [6.07, 6.45) is 1.85. The van der Waals surface area contributed by atoms with E-state index in [-0.39, 0.29) is 0 Å². The number of fused-ring (bicyclic) bond motifs is 3. The SMILES string of the molecule is CC(C)(O)c1cccc2c1cnc1ccccc12. The van der Waals surface area contributed by atoms with Crippen LogP contribution in [-0.2, 0) is 5.60 Å². The monoisotopic (exact) mass is 237 g/mol. The van der Waals surface area contributed by atoms with E-state index in [4.69, 9.17) is 0 Å². The largest absolute Gasteiger partial charge is 0.386 e. The van der Waals surface area contributed by atoms with Crippen molar-refractivity contribution in [2.24, 2.45) is 0 Å². The molecule has 0 aliphatic heterocycles. The summed E-state index contributed by atoms with van der Waals surface area (Å²) in [5.41, 5.74) is 1.04. The zero-order valence-electron chi connectivity index (χ0n) is 10.5. The quantitative estimate of drug-likeness (QED) is 0.656. The minimum atomic E-state index is -0.857. The number of pyridine rings is 1. The van der Waals surface area contributed by atoms with Crippen molar-refractivity contribution in [3.63, 3.8) is 0 Å². The van der Waals surface area contributed by atoms with Crippen molar-refractivity contribution in [1.29, 1.82) is 0 Å². The topological polar surface area (TPSA) is 33.1 Å². The van der Waals surface area contributed by atoms with Crippen LogP contribution < -0.4 is 0 Å². The van der Waals surface area contributed by atoms with Crippen molar-refractivity contribution in [2.75, 3.05) is 0 Å². The van der Waals surface area contributed by atoms with Crippen LogP contribution in [0.5, 0.6) is 0 Å². The lowest BCUT2D eigenvalue weighted by molar-refractivity contribution is 0.0802. The third-order valence-corrected chi connectivity index (χ3v) is 3.29. The van der Waals surface area contributed by atoms with Crippen LogP contribution in [0, 0.1) is 0 Å². The first-order valence-corrected chi connectivity index (χ1v) is 6.07. The van der Waals surface area contributed by atoms with Gasteiger partial charge in [0, 0.05) is 17.0 Å². The molecular weight excluding hydrogens is 222 g/mol. The van der Waals surface area contributed by atoms with Crippen LogP contribution in [0.15, 0.2) is 48.7 Å². The van der Waals surface area contributed by atoms with Gasteiger partial charge in [-0.1, -0.05) is 36.4 Å². The van der Waals surface area contributed by atoms with Gasteiger partial charge in [-0.3, -0.25) is 4.98 Å². The fourth-order valence-electron chi connectivity index (χ4n) is 2.42. The number of hydrogen-bond acceptors (Lipinski definition) is 2.